The van der Waals surface area contributed by atoms with Gasteiger partial charge < -0.3 is 4.74 Å². The van der Waals surface area contributed by atoms with Crippen LogP contribution in [0.3, 0.4) is 0 Å². The van der Waals surface area contributed by atoms with Gasteiger partial charge in [0.1, 0.15) is 16.5 Å². The van der Waals surface area contributed by atoms with Crippen molar-refractivity contribution in [3.05, 3.63) is 36.2 Å². The molecule has 0 aliphatic carbocycles. The summed E-state index contributed by atoms with van der Waals surface area (Å²) in [5.41, 5.74) is 0.115. The Morgan fingerprint density at radius 3 is 2.47 bits per heavy atom. The van der Waals surface area contributed by atoms with Crippen molar-refractivity contribution in [1.82, 2.24) is 0 Å². The smallest absolute Gasteiger partial charge is 0.338 e. The van der Waals surface area contributed by atoms with Gasteiger partial charge in [0.05, 0.1) is 0 Å². The van der Waals surface area contributed by atoms with Gasteiger partial charge in [-0.3, -0.25) is 4.55 Å². The molecule has 0 atom stereocenters. The van der Waals surface area contributed by atoms with Gasteiger partial charge in [-0.15, -0.1) is 0 Å². The molecule has 0 aliphatic rings. The number of hydrogen-bond donors (Lipinski definition) is 1. The van der Waals surface area contributed by atoms with E-state index >= 15 is 0 Å². The molecule has 0 unspecified atom stereocenters. The maximum Gasteiger partial charge on any atom is 0.338 e. The minimum Gasteiger partial charge on any atom is -0.423 e. The first-order valence-electron chi connectivity index (χ1n) is 4.36. The van der Waals surface area contributed by atoms with Crippen molar-refractivity contribution in [3.63, 3.8) is 0 Å². The van der Waals surface area contributed by atoms with E-state index in [1.165, 1.54) is 6.92 Å². The third kappa shape index (κ3) is 3.36. The SMILES string of the molecule is C=C(C)C(=O)Oc1ccc(S(=O)(=O)O)c(F)c1. The van der Waals surface area contributed by atoms with E-state index in [1.54, 1.807) is 0 Å². The molecule has 0 amide bonds. The molecule has 1 N–H and O–H groups in total. The van der Waals surface area contributed by atoms with E-state index in [9.17, 15) is 17.6 Å². The summed E-state index contributed by atoms with van der Waals surface area (Å²) in [4.78, 5) is 10.2. The Morgan fingerprint density at radius 2 is 2.06 bits per heavy atom. The third-order valence-electron chi connectivity index (χ3n) is 1.74. The first-order valence-corrected chi connectivity index (χ1v) is 5.80. The number of hydrogen-bond acceptors (Lipinski definition) is 4. The fourth-order valence-electron chi connectivity index (χ4n) is 0.948. The van der Waals surface area contributed by atoms with E-state index in [2.05, 4.69) is 11.3 Å². The average Bonchev–Trinajstić information content (AvgIpc) is 2.15. The quantitative estimate of drug-likeness (QED) is 0.386. The number of benzene rings is 1. The first kappa shape index (κ1) is 13.3. The van der Waals surface area contributed by atoms with Crippen LogP contribution < -0.4 is 4.74 Å². The van der Waals surface area contributed by atoms with Crippen LogP contribution >= 0.6 is 0 Å². The van der Waals surface area contributed by atoms with Gasteiger partial charge >= 0.3 is 5.97 Å². The highest BCUT2D eigenvalue weighted by atomic mass is 32.2. The lowest BCUT2D eigenvalue weighted by Gasteiger charge is -2.05. The molecule has 1 aromatic carbocycles. The van der Waals surface area contributed by atoms with Crippen LogP contribution in [0.15, 0.2) is 35.2 Å². The molecular formula is C10H9FO5S. The predicted molar refractivity (Wildman–Crippen MR) is 56.7 cm³/mol. The molecule has 0 radical (unpaired) electrons. The summed E-state index contributed by atoms with van der Waals surface area (Å²) < 4.78 is 47.9. The zero-order valence-corrected chi connectivity index (χ0v) is 9.62. The fraction of sp³-hybridized carbons (Fsp3) is 0.100. The summed E-state index contributed by atoms with van der Waals surface area (Å²) in [5.74, 6) is -2.15. The number of halogens is 1. The van der Waals surface area contributed by atoms with Crippen LogP contribution in [-0.4, -0.2) is 18.9 Å². The van der Waals surface area contributed by atoms with Crippen LogP contribution in [0.5, 0.6) is 5.75 Å². The topological polar surface area (TPSA) is 80.7 Å². The summed E-state index contributed by atoms with van der Waals surface area (Å²) in [6.45, 7) is 4.73. The van der Waals surface area contributed by atoms with Gasteiger partial charge in [-0.05, 0) is 19.1 Å². The van der Waals surface area contributed by atoms with Crippen molar-refractivity contribution in [3.8, 4) is 5.75 Å². The van der Waals surface area contributed by atoms with Crippen molar-refractivity contribution >= 4 is 16.1 Å². The summed E-state index contributed by atoms with van der Waals surface area (Å²) in [7, 11) is -4.63. The second kappa shape index (κ2) is 4.64. The van der Waals surface area contributed by atoms with E-state index in [0.717, 1.165) is 12.1 Å². The molecule has 0 heterocycles. The van der Waals surface area contributed by atoms with Crippen molar-refractivity contribution in [1.29, 1.82) is 0 Å². The first-order chi connectivity index (χ1) is 7.71. The molecule has 17 heavy (non-hydrogen) atoms. The summed E-state index contributed by atoms with van der Waals surface area (Å²) in [5, 5.41) is 0. The standard InChI is InChI=1S/C10H9FO5S/c1-6(2)10(12)16-7-3-4-9(8(11)5-7)17(13,14)15/h3-5H,1H2,2H3,(H,13,14,15). The highest BCUT2D eigenvalue weighted by molar-refractivity contribution is 7.85. The summed E-state index contributed by atoms with van der Waals surface area (Å²) in [6.07, 6.45) is 0. The Labute approximate surface area is 97.3 Å². The van der Waals surface area contributed by atoms with Crippen molar-refractivity contribution in [2.45, 2.75) is 11.8 Å². The average molecular weight is 260 g/mol. The molecule has 7 heteroatoms. The van der Waals surface area contributed by atoms with E-state index in [-0.39, 0.29) is 11.3 Å². The van der Waals surface area contributed by atoms with Crippen LogP contribution in [0.4, 0.5) is 4.39 Å². The van der Waals surface area contributed by atoms with E-state index in [0.29, 0.717) is 6.07 Å². The molecule has 1 rings (SSSR count). The van der Waals surface area contributed by atoms with E-state index in [1.807, 2.05) is 0 Å². The zero-order valence-electron chi connectivity index (χ0n) is 8.81. The molecule has 0 saturated carbocycles. The van der Waals surface area contributed by atoms with E-state index in [4.69, 9.17) is 4.55 Å². The van der Waals surface area contributed by atoms with Gasteiger partial charge in [0.2, 0.25) is 0 Å². The maximum atomic E-state index is 13.2. The lowest BCUT2D eigenvalue weighted by Crippen LogP contribution is -2.09. The Kier molecular flexibility index (Phi) is 3.64. The minimum absolute atomic E-state index is 0.115. The summed E-state index contributed by atoms with van der Waals surface area (Å²) >= 11 is 0. The van der Waals surface area contributed by atoms with Gasteiger partial charge in [0, 0.05) is 11.6 Å². The lowest BCUT2D eigenvalue weighted by molar-refractivity contribution is -0.130. The van der Waals surface area contributed by atoms with Crippen molar-refractivity contribution < 1.29 is 26.9 Å². The van der Waals surface area contributed by atoms with Gasteiger partial charge in [0.15, 0.2) is 0 Å². The molecule has 0 saturated heterocycles. The van der Waals surface area contributed by atoms with Gasteiger partial charge in [-0.1, -0.05) is 6.58 Å². The van der Waals surface area contributed by atoms with Crippen molar-refractivity contribution in [2.75, 3.05) is 0 Å². The van der Waals surface area contributed by atoms with E-state index < -0.39 is 26.8 Å². The largest absolute Gasteiger partial charge is 0.423 e. The number of ether oxygens (including phenoxy) is 1. The Balaban J connectivity index is 3.06. The van der Waals surface area contributed by atoms with Gasteiger partial charge in [-0.2, -0.15) is 8.42 Å². The molecular weight excluding hydrogens is 251 g/mol. The molecule has 0 aliphatic heterocycles. The second-order valence-electron chi connectivity index (χ2n) is 3.24. The maximum absolute atomic E-state index is 13.2. The zero-order chi connectivity index (χ0) is 13.2. The Hall–Kier alpha value is -1.73. The molecule has 0 spiro atoms. The monoisotopic (exact) mass is 260 g/mol. The highest BCUT2D eigenvalue weighted by Gasteiger charge is 2.17. The molecule has 0 aromatic heterocycles. The molecule has 0 bridgehead atoms. The molecule has 1 aromatic rings. The summed E-state index contributed by atoms with van der Waals surface area (Å²) in [6, 6.07) is 2.53. The highest BCUT2D eigenvalue weighted by Crippen LogP contribution is 2.20. The predicted octanol–water partition coefficient (Wildman–Crippen LogP) is 1.55. The van der Waals surface area contributed by atoms with Crippen molar-refractivity contribution in [2.24, 2.45) is 0 Å². The normalized spacial score (nSPS) is 11.0. The molecule has 5 nitrogen and oxygen atoms in total. The number of carbonyl (C=O) groups is 1. The number of carbonyl (C=O) groups excluding carboxylic acids is 1. The third-order valence-corrected chi connectivity index (χ3v) is 2.63. The number of rotatable bonds is 3. The van der Waals surface area contributed by atoms with Crippen LogP contribution in [0.25, 0.3) is 0 Å². The lowest BCUT2D eigenvalue weighted by atomic mass is 10.3. The Morgan fingerprint density at radius 1 is 1.47 bits per heavy atom. The van der Waals surface area contributed by atoms with Crippen LogP contribution in [0, 0.1) is 5.82 Å². The van der Waals surface area contributed by atoms with Crippen LogP contribution in [0.1, 0.15) is 6.92 Å². The van der Waals surface area contributed by atoms with Gasteiger partial charge in [0.25, 0.3) is 10.1 Å². The minimum atomic E-state index is -4.63. The van der Waals surface area contributed by atoms with Crippen LogP contribution in [0.2, 0.25) is 0 Å². The molecule has 92 valence electrons. The molecule has 0 fully saturated rings. The van der Waals surface area contributed by atoms with Gasteiger partial charge in [-0.25, -0.2) is 9.18 Å². The van der Waals surface area contributed by atoms with Crippen LogP contribution in [-0.2, 0) is 14.9 Å². The Bertz CT molecular complexity index is 576. The fourth-order valence-corrected chi connectivity index (χ4v) is 1.49. The number of esters is 1. The second-order valence-corrected chi connectivity index (χ2v) is 4.63.